The first kappa shape index (κ1) is 70.8. The van der Waals surface area contributed by atoms with Crippen molar-refractivity contribution in [3.05, 3.63) is 193 Å². The van der Waals surface area contributed by atoms with Crippen LogP contribution in [0.4, 0.5) is 13.2 Å². The Hall–Kier alpha value is -8.67. The number of ketones is 6. The number of Topliss-reactive ketones (excluding diaryl/α,β-unsaturated/α-hetero) is 6. The van der Waals surface area contributed by atoms with Crippen molar-refractivity contribution in [2.75, 3.05) is 19.6 Å². The first-order chi connectivity index (χ1) is 39.8. The largest absolute Gasteiger partial charge is 0.351 e. The molecule has 6 atom stereocenters. The molecule has 0 spiro atoms. The molecule has 9 rings (SSSR count). The van der Waals surface area contributed by atoms with E-state index in [4.69, 9.17) is 0 Å². The molecule has 3 heterocycles. The summed E-state index contributed by atoms with van der Waals surface area (Å²) in [4.78, 5) is 123. The van der Waals surface area contributed by atoms with Gasteiger partial charge in [0.2, 0.25) is 17.8 Å². The second-order valence-corrected chi connectivity index (χ2v) is 22.2. The maximum absolute atomic E-state index is 13.1. The van der Waals surface area contributed by atoms with Crippen molar-refractivity contribution in [3.63, 3.8) is 0 Å². The van der Waals surface area contributed by atoms with Crippen molar-refractivity contribution in [2.24, 2.45) is 17.8 Å². The molecule has 462 valence electrons. The molecule has 3 fully saturated rings. The average molecular weight is 1200 g/mol. The van der Waals surface area contributed by atoms with Crippen LogP contribution in [0.2, 0.25) is 0 Å². The molecule has 18 heteroatoms. The average Bonchev–Trinajstić information content (AvgIpc) is 2.19. The number of carbonyl (C=O) groups excluding carboxylic acids is 9. The van der Waals surface area contributed by atoms with Gasteiger partial charge in [-0.2, -0.15) is 13.2 Å². The Morgan fingerprint density at radius 3 is 0.816 bits per heavy atom. The van der Waals surface area contributed by atoms with Crippen molar-refractivity contribution in [3.8, 4) is 0 Å². The number of amides is 3. The molecule has 4 unspecified atom stereocenters. The zero-order valence-electron chi connectivity index (χ0n) is 48.6. The Morgan fingerprint density at radius 2 is 0.609 bits per heavy atom. The molecular weight excluding hydrogens is 1110 g/mol. The van der Waals surface area contributed by atoms with Crippen molar-refractivity contribution in [2.45, 2.75) is 141 Å². The Kier molecular flexibility index (Phi) is 25.3. The number of pyridine rings is 3. The Labute approximate surface area is 508 Å². The maximum atomic E-state index is 13.1. The number of halogens is 3. The molecule has 6 aromatic rings. The normalized spacial score (nSPS) is 18.5. The van der Waals surface area contributed by atoms with E-state index in [0.29, 0.717) is 19.3 Å². The third-order valence-electron chi connectivity index (χ3n) is 15.6. The summed E-state index contributed by atoms with van der Waals surface area (Å²) in [5.41, 5.74) is 11.4. The van der Waals surface area contributed by atoms with Crippen LogP contribution in [-0.4, -0.2) is 87.0 Å². The minimum atomic E-state index is -0.726. The highest BCUT2D eigenvalue weighted by molar-refractivity contribution is 6.16. The topological polar surface area (TPSA) is 228 Å². The predicted molar refractivity (Wildman–Crippen MR) is 328 cm³/mol. The van der Waals surface area contributed by atoms with Gasteiger partial charge < -0.3 is 16.0 Å². The van der Waals surface area contributed by atoms with Crippen LogP contribution in [0, 0.1) is 97.9 Å². The van der Waals surface area contributed by atoms with Crippen molar-refractivity contribution in [1.82, 2.24) is 30.9 Å². The van der Waals surface area contributed by atoms with Gasteiger partial charge >= 0.3 is 0 Å². The lowest BCUT2D eigenvalue weighted by molar-refractivity contribution is -0.126. The third kappa shape index (κ3) is 17.3. The van der Waals surface area contributed by atoms with Crippen LogP contribution < -0.4 is 16.0 Å². The lowest BCUT2D eigenvalue weighted by Crippen LogP contribution is -2.28. The SMILES string of the molecule is C.C.C.Cc1cc(C)c(C2C(=O)CC(CCNC(=O)c3cccc(F)n3)C2=O)c(C)c1.Cc1cc(C)c(C2C(=O)C[C@@H](CCNC(=O)c3cccc(F)n3)C2=O)c(C)c1.Cc1cc(C)c(C2C(=O)C[C@H](CCNC(=O)c3cccc(F)n3)C2=O)c(C)c1. The predicted octanol–water partition coefficient (Wildman–Crippen LogP) is 11.5. The van der Waals surface area contributed by atoms with E-state index in [1.165, 1.54) is 36.4 Å². The Morgan fingerprint density at radius 1 is 0.391 bits per heavy atom. The quantitative estimate of drug-likeness (QED) is 0.0644. The lowest BCUT2D eigenvalue weighted by atomic mass is 9.86. The van der Waals surface area contributed by atoms with Gasteiger partial charge in [0, 0.05) is 56.7 Å². The summed E-state index contributed by atoms with van der Waals surface area (Å²) in [6.07, 6.45) is 1.66. The fourth-order valence-corrected chi connectivity index (χ4v) is 12.1. The molecule has 0 radical (unpaired) electrons. The smallest absolute Gasteiger partial charge is 0.269 e. The first-order valence-corrected chi connectivity index (χ1v) is 28.0. The van der Waals surface area contributed by atoms with Crippen LogP contribution in [0.5, 0.6) is 0 Å². The van der Waals surface area contributed by atoms with Gasteiger partial charge in [0.1, 0.15) is 52.2 Å². The summed E-state index contributed by atoms with van der Waals surface area (Å²) in [7, 11) is 0. The molecule has 87 heavy (non-hydrogen) atoms. The number of aryl methyl sites for hydroxylation is 9. The van der Waals surface area contributed by atoms with Gasteiger partial charge in [0.15, 0.2) is 17.3 Å². The van der Waals surface area contributed by atoms with Gasteiger partial charge in [-0.1, -0.05) is 93.6 Å². The zero-order valence-corrected chi connectivity index (χ0v) is 48.6. The van der Waals surface area contributed by atoms with Crippen LogP contribution in [0.25, 0.3) is 0 Å². The number of hydrogen-bond acceptors (Lipinski definition) is 12. The lowest BCUT2D eigenvalue weighted by Gasteiger charge is -2.16. The monoisotopic (exact) mass is 1190 g/mol. The van der Waals surface area contributed by atoms with E-state index in [1.807, 2.05) is 98.7 Å². The first-order valence-electron chi connectivity index (χ1n) is 28.0. The highest BCUT2D eigenvalue weighted by Gasteiger charge is 2.45. The van der Waals surface area contributed by atoms with E-state index in [-0.39, 0.29) is 113 Å². The highest BCUT2D eigenvalue weighted by atomic mass is 19.1. The summed E-state index contributed by atoms with van der Waals surface area (Å²) < 4.78 is 39.3. The molecule has 3 amide bonds. The molecule has 3 aliphatic rings. The van der Waals surface area contributed by atoms with E-state index >= 15 is 0 Å². The Bertz CT molecular complexity index is 3160. The molecule has 3 aromatic heterocycles. The summed E-state index contributed by atoms with van der Waals surface area (Å²) in [6.45, 7) is 18.2. The van der Waals surface area contributed by atoms with Gasteiger partial charge in [0.05, 0.1) is 0 Å². The molecule has 3 N–H and O–H groups in total. The number of benzene rings is 3. The van der Waals surface area contributed by atoms with E-state index in [0.717, 1.165) is 85.0 Å². The minimum Gasteiger partial charge on any atom is -0.351 e. The number of nitrogens with one attached hydrogen (secondary N) is 3. The Balaban J connectivity index is 0.000000275. The van der Waals surface area contributed by atoms with E-state index in [2.05, 4.69) is 30.9 Å². The van der Waals surface area contributed by atoms with Crippen LogP contribution in [0.1, 0.15) is 177 Å². The zero-order chi connectivity index (χ0) is 61.3. The molecule has 3 aromatic carbocycles. The van der Waals surface area contributed by atoms with Gasteiger partial charge in [-0.3, -0.25) is 43.2 Å². The number of rotatable bonds is 15. The van der Waals surface area contributed by atoms with Crippen LogP contribution in [-0.2, 0) is 28.8 Å². The second-order valence-electron chi connectivity index (χ2n) is 22.2. The number of nitrogens with zero attached hydrogens (tertiary/aromatic N) is 3. The molecular formula is C69H81F3N6O9. The maximum Gasteiger partial charge on any atom is 0.269 e. The third-order valence-corrected chi connectivity index (χ3v) is 15.6. The number of aromatic nitrogens is 3. The molecule has 3 saturated carbocycles. The molecule has 3 aliphatic carbocycles. The standard InChI is InChI=1S/3C22H23FN2O3.3CH4/c3*1-12-9-13(2)19(14(3)10-12)20-17(26)11-15(21(20)27)7-8-24-22(28)16-5-4-6-18(23)25-16;;;/h3*4-6,9-10,15,20H,7-8,11H2,1-3H3,(H,24,28);3*1H4/t2*15-,20?;;;;/m10..../s1. The van der Waals surface area contributed by atoms with Crippen molar-refractivity contribution < 1.29 is 56.3 Å². The van der Waals surface area contributed by atoms with Gasteiger partial charge in [-0.05, 0) is 168 Å². The number of hydrogen-bond donors (Lipinski definition) is 3. The summed E-state index contributed by atoms with van der Waals surface area (Å²) in [6, 6.07) is 23.9. The fourth-order valence-electron chi connectivity index (χ4n) is 12.1. The minimum absolute atomic E-state index is 0. The van der Waals surface area contributed by atoms with Crippen LogP contribution >= 0.6 is 0 Å². The molecule has 0 saturated heterocycles. The molecule has 0 bridgehead atoms. The van der Waals surface area contributed by atoms with Crippen LogP contribution in [0.15, 0.2) is 91.0 Å². The summed E-state index contributed by atoms with van der Waals surface area (Å²) in [5.74, 6) is -7.54. The van der Waals surface area contributed by atoms with Crippen molar-refractivity contribution in [1.29, 1.82) is 0 Å². The summed E-state index contributed by atoms with van der Waals surface area (Å²) in [5, 5.41) is 7.92. The molecule has 15 nitrogen and oxygen atoms in total. The van der Waals surface area contributed by atoms with E-state index in [1.54, 1.807) is 0 Å². The van der Waals surface area contributed by atoms with Gasteiger partial charge in [-0.15, -0.1) is 0 Å². The van der Waals surface area contributed by atoms with Gasteiger partial charge in [-0.25, -0.2) is 15.0 Å². The van der Waals surface area contributed by atoms with Gasteiger partial charge in [0.25, 0.3) is 17.7 Å². The van der Waals surface area contributed by atoms with E-state index < -0.39 is 71.1 Å². The van der Waals surface area contributed by atoms with E-state index in [9.17, 15) is 56.3 Å². The second kappa shape index (κ2) is 31.1. The van der Waals surface area contributed by atoms with Crippen LogP contribution in [0.3, 0.4) is 0 Å². The fraction of sp³-hybridized carbons (Fsp3) is 0.391. The number of carbonyl (C=O) groups is 9. The van der Waals surface area contributed by atoms with Crippen molar-refractivity contribution >= 4 is 52.4 Å². The highest BCUT2D eigenvalue weighted by Crippen LogP contribution is 2.40. The summed E-state index contributed by atoms with van der Waals surface area (Å²) >= 11 is 0. The molecule has 0 aliphatic heterocycles.